The van der Waals surface area contributed by atoms with Crippen LogP contribution in [-0.4, -0.2) is 74.4 Å². The van der Waals surface area contributed by atoms with E-state index in [1.54, 1.807) is 0 Å². The molecule has 1 aliphatic heterocycles. The molecule has 0 radical (unpaired) electrons. The number of benzene rings is 1. The lowest BCUT2D eigenvalue weighted by Crippen LogP contribution is -2.45. The maximum atomic E-state index is 13.0. The molecule has 1 unspecified atom stereocenters. The van der Waals surface area contributed by atoms with Crippen LogP contribution in [-0.2, 0) is 4.79 Å². The Bertz CT molecular complexity index is 1260. The van der Waals surface area contributed by atoms with Crippen LogP contribution in [0.4, 0.5) is 19.1 Å². The molecule has 1 fully saturated rings. The zero-order chi connectivity index (χ0) is 27.0. The summed E-state index contributed by atoms with van der Waals surface area (Å²) >= 11 is 0. The van der Waals surface area contributed by atoms with Gasteiger partial charge in [0.2, 0.25) is 5.95 Å². The summed E-state index contributed by atoms with van der Waals surface area (Å²) in [5.41, 5.74) is 0.00595. The topological polar surface area (TPSA) is 138 Å². The molecule has 1 aliphatic rings. The van der Waals surface area contributed by atoms with Crippen LogP contribution >= 0.6 is 0 Å². The number of hydrogen-bond acceptors (Lipinski definition) is 10. The number of alkyl halides is 3. The molecule has 4 rings (SSSR count). The third-order valence-electron chi connectivity index (χ3n) is 5.57. The molecule has 1 aromatic carbocycles. The van der Waals surface area contributed by atoms with E-state index < -0.39 is 23.6 Å². The Balaban J connectivity index is 1.70. The monoisotopic (exact) mass is 521 g/mol. The number of H-pyrrole nitrogens is 1. The van der Waals surface area contributed by atoms with E-state index in [2.05, 4.69) is 51.5 Å². The number of nitrogens with zero attached hydrogens (tertiary/aromatic N) is 5. The van der Waals surface area contributed by atoms with Crippen LogP contribution in [0.15, 0.2) is 24.7 Å². The Labute approximate surface area is 210 Å². The molecule has 37 heavy (non-hydrogen) atoms. The number of carbonyl (C=O) groups excluding carboxylic acids is 1. The van der Waals surface area contributed by atoms with Gasteiger partial charge >= 0.3 is 12.1 Å². The summed E-state index contributed by atoms with van der Waals surface area (Å²) in [4.78, 5) is 18.0. The van der Waals surface area contributed by atoms with Crippen molar-refractivity contribution in [1.29, 1.82) is 0 Å². The van der Waals surface area contributed by atoms with Gasteiger partial charge in [-0.05, 0) is 33.3 Å². The predicted molar refractivity (Wildman–Crippen MR) is 126 cm³/mol. The number of halogens is 3. The summed E-state index contributed by atoms with van der Waals surface area (Å²) in [6.45, 7) is 7.63. The van der Waals surface area contributed by atoms with Crippen LogP contribution in [0.2, 0.25) is 0 Å². The average Bonchev–Trinajstić information content (AvgIpc) is 3.50. The molecule has 14 heteroatoms. The van der Waals surface area contributed by atoms with Gasteiger partial charge in [0.1, 0.15) is 11.4 Å². The summed E-state index contributed by atoms with van der Waals surface area (Å²) < 4.78 is 49.1. The number of phenols is 1. The Morgan fingerprint density at radius 1 is 1.22 bits per heavy atom. The molecule has 3 aromatic rings. The van der Waals surface area contributed by atoms with Crippen LogP contribution in [0.5, 0.6) is 17.2 Å². The number of aromatic hydroxyl groups is 1. The van der Waals surface area contributed by atoms with Crippen molar-refractivity contribution in [2.24, 2.45) is 0 Å². The Morgan fingerprint density at radius 3 is 2.54 bits per heavy atom. The summed E-state index contributed by atoms with van der Waals surface area (Å²) in [5.74, 6) is -3.42. The summed E-state index contributed by atoms with van der Waals surface area (Å²) in [6.07, 6.45) is -0.424. The molecular weight excluding hydrogens is 495 g/mol. The maximum absolute atomic E-state index is 13.0. The highest BCUT2D eigenvalue weighted by Gasteiger charge is 2.43. The zero-order valence-electron chi connectivity index (χ0n) is 20.5. The van der Waals surface area contributed by atoms with Crippen LogP contribution in [0, 0.1) is 0 Å². The molecular formula is C23H26F3N7O4. The molecule has 1 atom stereocenters. The van der Waals surface area contributed by atoms with E-state index in [9.17, 15) is 23.1 Å². The minimum atomic E-state index is -5.27. The second-order valence-corrected chi connectivity index (χ2v) is 9.52. The number of nitrogens with one attached hydrogen (secondary N) is 2. The van der Waals surface area contributed by atoms with Gasteiger partial charge in [0.25, 0.3) is 0 Å². The molecule has 0 spiro atoms. The van der Waals surface area contributed by atoms with Gasteiger partial charge in [0, 0.05) is 42.0 Å². The van der Waals surface area contributed by atoms with Gasteiger partial charge in [-0.15, -0.1) is 10.2 Å². The van der Waals surface area contributed by atoms with Crippen LogP contribution in [0.1, 0.15) is 27.2 Å². The van der Waals surface area contributed by atoms with E-state index in [0.717, 1.165) is 19.6 Å². The highest BCUT2D eigenvalue weighted by atomic mass is 19.4. The second kappa shape index (κ2) is 9.84. The van der Waals surface area contributed by atoms with Gasteiger partial charge < -0.3 is 24.8 Å². The Kier molecular flexibility index (Phi) is 6.95. The summed E-state index contributed by atoms with van der Waals surface area (Å²) in [7, 11) is 1.16. The standard InChI is InChI=1S/C23H26F3N7O4/c1-22(2,3)30-13-5-6-33(11-13)21-27-10-15(31-32-21)17-16(34)7-14(12-8-28-29-9-12)18(19(17)36-4)37-20(35)23(24,25)26/h7-10,13,30,34H,5-6,11H2,1-4H3,(H,28,29). The fourth-order valence-corrected chi connectivity index (χ4v) is 4.13. The highest BCUT2D eigenvalue weighted by molar-refractivity contribution is 5.89. The molecule has 0 aliphatic carbocycles. The number of esters is 1. The molecule has 0 saturated carbocycles. The molecule has 0 bridgehead atoms. The van der Waals surface area contributed by atoms with Crippen molar-refractivity contribution < 1.29 is 32.5 Å². The first kappa shape index (κ1) is 26.1. The normalized spacial score (nSPS) is 16.2. The van der Waals surface area contributed by atoms with Crippen molar-refractivity contribution in [2.45, 2.75) is 44.9 Å². The van der Waals surface area contributed by atoms with Gasteiger partial charge in [-0.2, -0.15) is 18.3 Å². The van der Waals surface area contributed by atoms with Crippen molar-refractivity contribution in [2.75, 3.05) is 25.1 Å². The van der Waals surface area contributed by atoms with Crippen LogP contribution < -0.4 is 19.7 Å². The van der Waals surface area contributed by atoms with Gasteiger partial charge in [-0.3, -0.25) is 5.10 Å². The minimum Gasteiger partial charge on any atom is -0.507 e. The van der Waals surface area contributed by atoms with Crippen molar-refractivity contribution in [3.05, 3.63) is 24.7 Å². The fraction of sp³-hybridized carbons (Fsp3) is 0.435. The third-order valence-corrected chi connectivity index (χ3v) is 5.57. The molecule has 3 heterocycles. The molecule has 198 valence electrons. The smallest absolute Gasteiger partial charge is 0.491 e. The van der Waals surface area contributed by atoms with Crippen molar-refractivity contribution in [3.8, 4) is 39.6 Å². The summed E-state index contributed by atoms with van der Waals surface area (Å²) in [6, 6.07) is 1.37. The van der Waals surface area contributed by atoms with E-state index in [0.29, 0.717) is 19.0 Å². The van der Waals surface area contributed by atoms with E-state index in [1.807, 2.05) is 4.90 Å². The number of phenolic OH excluding ortho intramolecular Hbond substituents is 1. The molecule has 11 nitrogen and oxygen atoms in total. The van der Waals surface area contributed by atoms with E-state index in [4.69, 9.17) is 9.47 Å². The highest BCUT2D eigenvalue weighted by Crippen LogP contribution is 2.49. The molecule has 1 saturated heterocycles. The first-order valence-corrected chi connectivity index (χ1v) is 11.3. The van der Waals surface area contributed by atoms with Gasteiger partial charge in [-0.25, -0.2) is 9.78 Å². The first-order chi connectivity index (χ1) is 17.4. The fourth-order valence-electron chi connectivity index (χ4n) is 4.13. The summed E-state index contributed by atoms with van der Waals surface area (Å²) in [5, 5.41) is 28.9. The van der Waals surface area contributed by atoms with E-state index >= 15 is 0 Å². The molecule has 3 N–H and O–H groups in total. The van der Waals surface area contributed by atoms with Crippen LogP contribution in [0.3, 0.4) is 0 Å². The lowest BCUT2D eigenvalue weighted by atomic mass is 10.0. The predicted octanol–water partition coefficient (Wildman–Crippen LogP) is 3.08. The molecule has 0 amide bonds. The Hall–Kier alpha value is -3.94. The van der Waals surface area contributed by atoms with Crippen molar-refractivity contribution in [1.82, 2.24) is 30.7 Å². The van der Waals surface area contributed by atoms with E-state index in [-0.39, 0.29) is 39.7 Å². The SMILES string of the molecule is COc1c(OC(=O)C(F)(F)F)c(-c2cn[nH]c2)cc(O)c1-c1cnc(N2CCC(NC(C)(C)C)C2)nn1. The molecule has 2 aromatic heterocycles. The first-order valence-electron chi connectivity index (χ1n) is 11.3. The van der Waals surface area contributed by atoms with Gasteiger partial charge in [0.15, 0.2) is 11.5 Å². The number of aromatic nitrogens is 5. The average molecular weight is 522 g/mol. The van der Waals surface area contributed by atoms with Crippen molar-refractivity contribution in [3.63, 3.8) is 0 Å². The number of anilines is 1. The quantitative estimate of drug-likeness (QED) is 0.328. The van der Waals surface area contributed by atoms with Crippen molar-refractivity contribution >= 4 is 11.9 Å². The third kappa shape index (κ3) is 5.74. The zero-order valence-corrected chi connectivity index (χ0v) is 20.5. The number of methoxy groups -OCH3 is 1. The van der Waals surface area contributed by atoms with Gasteiger partial charge in [0.05, 0.1) is 25.1 Å². The number of ether oxygens (including phenoxy) is 2. The number of carbonyl (C=O) groups is 1. The maximum Gasteiger partial charge on any atom is 0.491 e. The number of rotatable bonds is 6. The lowest BCUT2D eigenvalue weighted by Gasteiger charge is -2.25. The minimum absolute atomic E-state index is 0.00437. The second-order valence-electron chi connectivity index (χ2n) is 9.52. The number of hydrogen-bond donors (Lipinski definition) is 3. The Morgan fingerprint density at radius 2 is 1.97 bits per heavy atom. The largest absolute Gasteiger partial charge is 0.507 e. The number of aromatic amines is 1. The van der Waals surface area contributed by atoms with Crippen LogP contribution in [0.25, 0.3) is 22.4 Å². The lowest BCUT2D eigenvalue weighted by molar-refractivity contribution is -0.189. The van der Waals surface area contributed by atoms with Gasteiger partial charge in [-0.1, -0.05) is 0 Å². The van der Waals surface area contributed by atoms with E-state index in [1.165, 1.54) is 18.6 Å².